The maximum absolute atomic E-state index is 10.4. The second-order valence-corrected chi connectivity index (χ2v) is 13.5. The van der Waals surface area contributed by atoms with Gasteiger partial charge in [-0.3, -0.25) is 0 Å². The highest BCUT2D eigenvalue weighted by Gasteiger charge is 2.25. The lowest BCUT2D eigenvalue weighted by atomic mass is 10.00. The average molecular weight is 704 g/mol. The molecule has 0 spiro atoms. The minimum Gasteiger partial charge on any atom is -0.506 e. The Hall–Kier alpha value is 0.660. The summed E-state index contributed by atoms with van der Waals surface area (Å²) in [6.07, 6.45) is 7.54. The van der Waals surface area contributed by atoms with Crippen molar-refractivity contribution in [3.05, 3.63) is 53.3 Å². The number of rotatable bonds is 6. The van der Waals surface area contributed by atoms with Crippen LogP contribution in [0.2, 0.25) is 0 Å². The Labute approximate surface area is 220 Å². The molecule has 8 heteroatoms. The average Bonchev–Trinajstić information content (AvgIpc) is 2.67. The van der Waals surface area contributed by atoms with Gasteiger partial charge in [-0.1, -0.05) is 57.5 Å². The lowest BCUT2D eigenvalue weighted by Gasteiger charge is -2.29. The number of phenolic OH excluding ortho intramolecular Hbond substituents is 2. The van der Waals surface area contributed by atoms with Crippen molar-refractivity contribution in [2.75, 3.05) is 0 Å². The van der Waals surface area contributed by atoms with Gasteiger partial charge >= 0.3 is 0 Å². The van der Waals surface area contributed by atoms with Crippen LogP contribution in [0.5, 0.6) is 11.5 Å². The van der Waals surface area contributed by atoms with E-state index in [1.165, 1.54) is 38.5 Å². The van der Waals surface area contributed by atoms with Crippen LogP contribution in [0.3, 0.4) is 0 Å². The second kappa shape index (κ2) is 12.2. The molecule has 164 valence electrons. The molecule has 0 saturated heterocycles. The Kier molecular flexibility index (Phi) is 10.3. The fraction of sp³-hybridized carbons (Fsp3) is 0.455. The van der Waals surface area contributed by atoms with Crippen LogP contribution in [0.25, 0.3) is 0 Å². The SMILES string of the molecule is Oc1c(Br)cc(Br)cc1CSC1CCCCCCC1SCc1cc(Br)cc(Br)c1O. The molecular formula is C22H24Br4O2S2. The highest BCUT2D eigenvalue weighted by molar-refractivity contribution is 9.11. The van der Waals surface area contributed by atoms with Crippen molar-refractivity contribution in [2.45, 2.75) is 60.5 Å². The molecule has 2 aromatic carbocycles. The fourth-order valence-electron chi connectivity index (χ4n) is 3.65. The van der Waals surface area contributed by atoms with Gasteiger partial charge in [-0.05, 0) is 69.0 Å². The molecule has 1 fully saturated rings. The predicted molar refractivity (Wildman–Crippen MR) is 145 cm³/mol. The summed E-state index contributed by atoms with van der Waals surface area (Å²) in [6.45, 7) is 0. The van der Waals surface area contributed by atoms with Gasteiger partial charge in [-0.2, -0.15) is 23.5 Å². The van der Waals surface area contributed by atoms with Gasteiger partial charge in [-0.15, -0.1) is 0 Å². The normalized spacial score (nSPS) is 20.0. The van der Waals surface area contributed by atoms with Gasteiger partial charge in [0.05, 0.1) is 8.95 Å². The molecule has 1 saturated carbocycles. The summed E-state index contributed by atoms with van der Waals surface area (Å²) >= 11 is 17.9. The summed E-state index contributed by atoms with van der Waals surface area (Å²) < 4.78 is 3.41. The number of aromatic hydroxyl groups is 2. The first-order valence-corrected chi connectivity index (χ1v) is 15.2. The van der Waals surface area contributed by atoms with Crippen LogP contribution in [0, 0.1) is 0 Å². The van der Waals surface area contributed by atoms with Crippen LogP contribution in [0.1, 0.15) is 49.7 Å². The molecule has 3 rings (SSSR count). The van der Waals surface area contributed by atoms with Crippen molar-refractivity contribution in [1.82, 2.24) is 0 Å². The first-order valence-electron chi connectivity index (χ1n) is 9.92. The summed E-state index contributed by atoms with van der Waals surface area (Å²) in [4.78, 5) is 0. The van der Waals surface area contributed by atoms with Crippen molar-refractivity contribution in [1.29, 1.82) is 0 Å². The zero-order valence-corrected chi connectivity index (χ0v) is 24.3. The van der Waals surface area contributed by atoms with Crippen molar-refractivity contribution in [3.63, 3.8) is 0 Å². The minimum absolute atomic E-state index is 0.338. The van der Waals surface area contributed by atoms with Gasteiger partial charge < -0.3 is 10.2 Å². The van der Waals surface area contributed by atoms with E-state index in [2.05, 4.69) is 63.7 Å². The smallest absolute Gasteiger partial charge is 0.133 e. The Morgan fingerprint density at radius 1 is 0.667 bits per heavy atom. The second-order valence-electron chi connectivity index (χ2n) is 7.48. The van der Waals surface area contributed by atoms with Crippen LogP contribution in [0.15, 0.2) is 42.2 Å². The third kappa shape index (κ3) is 7.08. The molecule has 1 aliphatic carbocycles. The quantitative estimate of drug-likeness (QED) is 0.315. The molecule has 0 aliphatic heterocycles. The van der Waals surface area contributed by atoms with E-state index in [0.29, 0.717) is 22.0 Å². The summed E-state index contributed by atoms with van der Waals surface area (Å²) in [5.74, 6) is 2.26. The van der Waals surface area contributed by atoms with Gasteiger partial charge in [0.15, 0.2) is 0 Å². The Morgan fingerprint density at radius 2 is 1.07 bits per heavy atom. The van der Waals surface area contributed by atoms with Gasteiger partial charge in [0.1, 0.15) is 11.5 Å². The number of benzene rings is 2. The van der Waals surface area contributed by atoms with Crippen molar-refractivity contribution < 1.29 is 10.2 Å². The van der Waals surface area contributed by atoms with Crippen molar-refractivity contribution >= 4 is 87.2 Å². The van der Waals surface area contributed by atoms with Gasteiger partial charge in [0.25, 0.3) is 0 Å². The van der Waals surface area contributed by atoms with E-state index < -0.39 is 0 Å². The molecule has 0 heterocycles. The van der Waals surface area contributed by atoms with Crippen molar-refractivity contribution in [3.8, 4) is 11.5 Å². The third-order valence-electron chi connectivity index (χ3n) is 5.26. The van der Waals surface area contributed by atoms with Crippen LogP contribution >= 0.6 is 87.2 Å². The maximum atomic E-state index is 10.4. The molecule has 0 aromatic heterocycles. The number of thioether (sulfide) groups is 2. The molecule has 0 radical (unpaired) electrons. The minimum atomic E-state index is 0.338. The number of halogens is 4. The maximum Gasteiger partial charge on any atom is 0.133 e. The van der Waals surface area contributed by atoms with Gasteiger partial charge in [0.2, 0.25) is 0 Å². The first-order chi connectivity index (χ1) is 14.3. The highest BCUT2D eigenvalue weighted by Crippen LogP contribution is 2.41. The first kappa shape index (κ1) is 25.3. The fourth-order valence-corrected chi connectivity index (χ4v) is 9.34. The van der Waals surface area contributed by atoms with Crippen LogP contribution < -0.4 is 0 Å². The topological polar surface area (TPSA) is 40.5 Å². The molecule has 0 bridgehead atoms. The van der Waals surface area contributed by atoms with Crippen LogP contribution in [-0.2, 0) is 11.5 Å². The lowest BCUT2D eigenvalue weighted by molar-refractivity contribution is 0.466. The van der Waals surface area contributed by atoms with E-state index in [4.69, 9.17) is 0 Å². The molecule has 1 aliphatic rings. The van der Waals surface area contributed by atoms with E-state index in [1.807, 2.05) is 47.8 Å². The standard InChI is InChI=1S/C22H24Br4O2S2/c23-15-7-13(21(27)17(25)9-15)11-29-19-5-3-1-2-4-6-20(19)30-12-14-8-16(24)10-18(26)22(14)28/h7-10,19-20,27-28H,1-6,11-12H2. The zero-order chi connectivity index (χ0) is 21.7. The zero-order valence-electron chi connectivity index (χ0n) is 16.3. The number of hydrogen-bond acceptors (Lipinski definition) is 4. The molecule has 2 unspecified atom stereocenters. The lowest BCUT2D eigenvalue weighted by Crippen LogP contribution is -2.22. The summed E-state index contributed by atoms with van der Waals surface area (Å²) in [7, 11) is 0. The van der Waals surface area contributed by atoms with Gasteiger partial charge in [0, 0.05) is 42.1 Å². The molecule has 30 heavy (non-hydrogen) atoms. The molecular weight excluding hydrogens is 680 g/mol. The monoisotopic (exact) mass is 700 g/mol. The van der Waals surface area contributed by atoms with E-state index in [9.17, 15) is 10.2 Å². The number of phenols is 2. The largest absolute Gasteiger partial charge is 0.506 e. The number of hydrogen-bond donors (Lipinski definition) is 2. The Balaban J connectivity index is 1.70. The summed E-state index contributed by atoms with van der Waals surface area (Å²) in [5.41, 5.74) is 1.92. The van der Waals surface area contributed by atoms with Crippen LogP contribution in [-0.4, -0.2) is 20.7 Å². The Bertz CT molecular complexity index is 807. The molecule has 0 amide bonds. The third-order valence-corrected chi connectivity index (χ3v) is 10.5. The molecule has 2 nitrogen and oxygen atoms in total. The molecule has 2 N–H and O–H groups in total. The van der Waals surface area contributed by atoms with Crippen molar-refractivity contribution in [2.24, 2.45) is 0 Å². The van der Waals surface area contributed by atoms with Crippen LogP contribution in [0.4, 0.5) is 0 Å². The van der Waals surface area contributed by atoms with E-state index in [-0.39, 0.29) is 0 Å². The molecule has 2 aromatic rings. The summed E-state index contributed by atoms with van der Waals surface area (Å²) in [6, 6.07) is 7.77. The predicted octanol–water partition coefficient (Wildman–Crippen LogP) is 9.41. The van der Waals surface area contributed by atoms with E-state index in [1.54, 1.807) is 0 Å². The Morgan fingerprint density at radius 3 is 1.47 bits per heavy atom. The highest BCUT2D eigenvalue weighted by atomic mass is 79.9. The molecule has 2 atom stereocenters. The van der Waals surface area contributed by atoms with E-state index in [0.717, 1.165) is 40.5 Å². The summed E-state index contributed by atoms with van der Waals surface area (Å²) in [5, 5.41) is 21.9. The van der Waals surface area contributed by atoms with E-state index >= 15 is 0 Å². The van der Waals surface area contributed by atoms with Gasteiger partial charge in [-0.25, -0.2) is 0 Å².